The summed E-state index contributed by atoms with van der Waals surface area (Å²) in [6.07, 6.45) is 0.675. The average molecular weight is 262 g/mol. The molecule has 5 heteroatoms. The fourth-order valence-electron chi connectivity index (χ4n) is 2.18. The number of aromatic nitrogens is 1. The Bertz CT molecular complexity index is 604. The summed E-state index contributed by atoms with van der Waals surface area (Å²) in [4.78, 5) is 3.75. The van der Waals surface area contributed by atoms with Crippen LogP contribution in [-0.4, -0.2) is 11.6 Å². The van der Waals surface area contributed by atoms with E-state index in [0.717, 1.165) is 5.56 Å². The van der Waals surface area contributed by atoms with Crippen molar-refractivity contribution in [3.05, 3.63) is 53.7 Å². The largest absolute Gasteiger partial charge is 0.493 e. The minimum atomic E-state index is -0.545. The molecular weight excluding hydrogens is 250 g/mol. The van der Waals surface area contributed by atoms with Crippen molar-refractivity contribution in [3.63, 3.8) is 0 Å². The number of fused-ring (bicyclic) bond motifs is 1. The van der Waals surface area contributed by atoms with Crippen LogP contribution >= 0.6 is 0 Å². The number of halogens is 2. The molecule has 1 atom stereocenters. The maximum atomic E-state index is 13.3. The van der Waals surface area contributed by atoms with Gasteiger partial charge in [0.25, 0.3) is 0 Å². The van der Waals surface area contributed by atoms with E-state index in [-0.39, 0.29) is 11.9 Å². The number of hydrogen-bond acceptors (Lipinski definition) is 3. The van der Waals surface area contributed by atoms with Crippen molar-refractivity contribution in [3.8, 4) is 5.75 Å². The molecule has 2 heterocycles. The van der Waals surface area contributed by atoms with E-state index >= 15 is 0 Å². The first-order chi connectivity index (χ1) is 9.22. The van der Waals surface area contributed by atoms with Crippen LogP contribution in [0.3, 0.4) is 0 Å². The van der Waals surface area contributed by atoms with E-state index in [0.29, 0.717) is 24.6 Å². The molecule has 1 aromatic carbocycles. The number of benzene rings is 1. The lowest BCUT2D eigenvalue weighted by Gasteiger charge is -2.27. The maximum absolute atomic E-state index is 13.3. The summed E-state index contributed by atoms with van der Waals surface area (Å²) >= 11 is 0. The molecule has 0 aliphatic carbocycles. The highest BCUT2D eigenvalue weighted by Gasteiger charge is 2.22. The standard InChI is InChI=1S/C14H12F2N2O/c15-9-4-5-12-10(8-9)11(6-7-19-12)17-14-3-1-2-13(16)18-14/h1-5,8,11H,6-7H2,(H,17,18). The molecule has 1 N–H and O–H groups in total. The summed E-state index contributed by atoms with van der Waals surface area (Å²) in [7, 11) is 0. The van der Waals surface area contributed by atoms with Crippen molar-refractivity contribution in [1.29, 1.82) is 0 Å². The fraction of sp³-hybridized carbons (Fsp3) is 0.214. The normalized spacial score (nSPS) is 17.5. The monoisotopic (exact) mass is 262 g/mol. The summed E-state index contributed by atoms with van der Waals surface area (Å²) in [5.74, 6) is 0.225. The molecule has 0 radical (unpaired) electrons. The molecule has 1 aliphatic heterocycles. The summed E-state index contributed by atoms with van der Waals surface area (Å²) in [5.41, 5.74) is 0.734. The molecule has 0 fully saturated rings. The van der Waals surface area contributed by atoms with Crippen molar-refractivity contribution in [2.45, 2.75) is 12.5 Å². The van der Waals surface area contributed by atoms with Crippen LogP contribution in [0.25, 0.3) is 0 Å². The molecule has 0 saturated heterocycles. The smallest absolute Gasteiger partial charge is 0.214 e. The van der Waals surface area contributed by atoms with E-state index in [9.17, 15) is 8.78 Å². The molecule has 19 heavy (non-hydrogen) atoms. The van der Waals surface area contributed by atoms with E-state index in [4.69, 9.17) is 4.74 Å². The minimum Gasteiger partial charge on any atom is -0.493 e. The summed E-state index contributed by atoms with van der Waals surface area (Å²) in [6.45, 7) is 0.533. The number of rotatable bonds is 2. The first-order valence-electron chi connectivity index (χ1n) is 6.04. The van der Waals surface area contributed by atoms with Crippen LogP contribution in [0.15, 0.2) is 36.4 Å². The van der Waals surface area contributed by atoms with Gasteiger partial charge in [-0.25, -0.2) is 9.37 Å². The van der Waals surface area contributed by atoms with Crippen molar-refractivity contribution >= 4 is 5.82 Å². The fourth-order valence-corrected chi connectivity index (χ4v) is 2.18. The SMILES string of the molecule is Fc1ccc2c(c1)C(Nc1cccc(F)n1)CCO2. The van der Waals surface area contributed by atoms with E-state index in [1.54, 1.807) is 18.2 Å². The summed E-state index contributed by atoms with van der Waals surface area (Å²) in [6, 6.07) is 8.82. The second-order valence-electron chi connectivity index (χ2n) is 4.36. The van der Waals surface area contributed by atoms with Crippen LogP contribution in [0.1, 0.15) is 18.0 Å². The second-order valence-corrected chi connectivity index (χ2v) is 4.36. The van der Waals surface area contributed by atoms with E-state index in [2.05, 4.69) is 10.3 Å². The van der Waals surface area contributed by atoms with Gasteiger partial charge in [-0.3, -0.25) is 0 Å². The molecule has 0 saturated carbocycles. The van der Waals surface area contributed by atoms with Gasteiger partial charge in [0.2, 0.25) is 5.95 Å². The van der Waals surface area contributed by atoms with Gasteiger partial charge in [0, 0.05) is 12.0 Å². The van der Waals surface area contributed by atoms with Crippen LogP contribution in [0.4, 0.5) is 14.6 Å². The Hall–Kier alpha value is -2.17. The Balaban J connectivity index is 1.89. The third kappa shape index (κ3) is 2.50. The number of hydrogen-bond donors (Lipinski definition) is 1. The lowest BCUT2D eigenvalue weighted by molar-refractivity contribution is 0.273. The summed E-state index contributed by atoms with van der Waals surface area (Å²) in [5, 5.41) is 3.11. The molecule has 3 nitrogen and oxygen atoms in total. The Morgan fingerprint density at radius 2 is 2.11 bits per heavy atom. The molecule has 0 bridgehead atoms. The van der Waals surface area contributed by atoms with Gasteiger partial charge in [0.05, 0.1) is 12.6 Å². The number of ether oxygens (including phenoxy) is 1. The van der Waals surface area contributed by atoms with E-state index in [1.807, 2.05) is 0 Å². The molecular formula is C14H12F2N2O. The minimum absolute atomic E-state index is 0.131. The lowest BCUT2D eigenvalue weighted by atomic mass is 10.0. The van der Waals surface area contributed by atoms with Crippen LogP contribution in [0.5, 0.6) is 5.75 Å². The third-order valence-electron chi connectivity index (χ3n) is 3.05. The number of nitrogens with one attached hydrogen (secondary N) is 1. The highest BCUT2D eigenvalue weighted by molar-refractivity contribution is 5.44. The van der Waals surface area contributed by atoms with Gasteiger partial charge >= 0.3 is 0 Å². The Kier molecular flexibility index (Phi) is 3.03. The highest BCUT2D eigenvalue weighted by atomic mass is 19.1. The molecule has 98 valence electrons. The molecule has 1 aliphatic rings. The van der Waals surface area contributed by atoms with E-state index in [1.165, 1.54) is 18.2 Å². The Morgan fingerprint density at radius 3 is 2.95 bits per heavy atom. The predicted octanol–water partition coefficient (Wildman–Crippen LogP) is 3.30. The first-order valence-corrected chi connectivity index (χ1v) is 6.04. The first kappa shape index (κ1) is 11.9. The molecule has 1 unspecified atom stereocenters. The average Bonchev–Trinajstić information content (AvgIpc) is 2.39. The number of pyridine rings is 1. The van der Waals surface area contributed by atoms with Gasteiger partial charge in [0.1, 0.15) is 17.4 Å². The number of nitrogens with zero attached hydrogens (tertiary/aromatic N) is 1. The van der Waals surface area contributed by atoms with E-state index < -0.39 is 5.95 Å². The molecule has 1 aromatic heterocycles. The maximum Gasteiger partial charge on any atom is 0.214 e. The van der Waals surface area contributed by atoms with Gasteiger partial charge in [-0.1, -0.05) is 6.07 Å². The Labute approximate surface area is 109 Å². The van der Waals surface area contributed by atoms with Crippen LogP contribution in [-0.2, 0) is 0 Å². The van der Waals surface area contributed by atoms with Gasteiger partial charge in [-0.05, 0) is 30.3 Å². The quantitative estimate of drug-likeness (QED) is 0.843. The summed E-state index contributed by atoms with van der Waals surface area (Å²) < 4.78 is 31.8. The predicted molar refractivity (Wildman–Crippen MR) is 67.1 cm³/mol. The molecule has 0 spiro atoms. The van der Waals surface area contributed by atoms with Crippen LogP contribution in [0.2, 0.25) is 0 Å². The number of anilines is 1. The van der Waals surface area contributed by atoms with Crippen molar-refractivity contribution in [2.75, 3.05) is 11.9 Å². The van der Waals surface area contributed by atoms with Crippen molar-refractivity contribution in [1.82, 2.24) is 4.98 Å². The van der Waals surface area contributed by atoms with Crippen LogP contribution < -0.4 is 10.1 Å². The van der Waals surface area contributed by atoms with Gasteiger partial charge in [0.15, 0.2) is 0 Å². The zero-order valence-corrected chi connectivity index (χ0v) is 10.1. The molecule has 0 amide bonds. The zero-order valence-electron chi connectivity index (χ0n) is 10.1. The Morgan fingerprint density at radius 1 is 1.21 bits per heavy atom. The van der Waals surface area contributed by atoms with Gasteiger partial charge in [-0.15, -0.1) is 0 Å². The van der Waals surface area contributed by atoms with Crippen molar-refractivity contribution < 1.29 is 13.5 Å². The molecule has 2 aromatic rings. The highest BCUT2D eigenvalue weighted by Crippen LogP contribution is 2.34. The molecule has 3 rings (SSSR count). The van der Waals surface area contributed by atoms with Gasteiger partial charge < -0.3 is 10.1 Å². The van der Waals surface area contributed by atoms with Crippen LogP contribution in [0, 0.1) is 11.8 Å². The zero-order chi connectivity index (χ0) is 13.2. The topological polar surface area (TPSA) is 34.2 Å². The lowest BCUT2D eigenvalue weighted by Crippen LogP contribution is -2.21. The third-order valence-corrected chi connectivity index (χ3v) is 3.05. The van der Waals surface area contributed by atoms with Crippen molar-refractivity contribution in [2.24, 2.45) is 0 Å². The van der Waals surface area contributed by atoms with Gasteiger partial charge in [-0.2, -0.15) is 4.39 Å². The second kappa shape index (κ2) is 4.84.